The number of methoxy groups -OCH3 is 2. The average Bonchev–Trinajstić information content (AvgIpc) is 3.17. The second-order valence-electron chi connectivity index (χ2n) is 6.46. The van der Waals surface area contributed by atoms with Crippen molar-refractivity contribution >= 4 is 17.9 Å². The van der Waals surface area contributed by atoms with Crippen molar-refractivity contribution in [2.45, 2.75) is 6.54 Å². The second-order valence-corrected chi connectivity index (χ2v) is 6.46. The van der Waals surface area contributed by atoms with Gasteiger partial charge in [0.1, 0.15) is 17.2 Å². The lowest BCUT2D eigenvalue weighted by Gasteiger charge is -2.21. The number of hydrogen-bond acceptors (Lipinski definition) is 4. The first kappa shape index (κ1) is 18.6. The zero-order valence-electron chi connectivity index (χ0n) is 16.3. The third-order valence-corrected chi connectivity index (χ3v) is 4.78. The van der Waals surface area contributed by atoms with Crippen LogP contribution >= 0.6 is 0 Å². The number of para-hydroxylation sites is 1. The average molecular weight is 387 g/mol. The van der Waals surface area contributed by atoms with Crippen LogP contribution in [-0.4, -0.2) is 30.0 Å². The van der Waals surface area contributed by atoms with E-state index in [1.165, 1.54) is 0 Å². The van der Waals surface area contributed by atoms with Crippen LogP contribution in [0.1, 0.15) is 5.56 Å². The summed E-state index contributed by atoms with van der Waals surface area (Å²) in [4.78, 5) is 18.6. The maximum atomic E-state index is 12.2. The molecule has 0 aliphatic carbocycles. The van der Waals surface area contributed by atoms with Crippen molar-refractivity contribution in [2.24, 2.45) is 0 Å². The van der Waals surface area contributed by atoms with Gasteiger partial charge in [0.25, 0.3) is 0 Å². The van der Waals surface area contributed by atoms with Crippen LogP contribution in [0.15, 0.2) is 72.9 Å². The Labute approximate surface area is 168 Å². The van der Waals surface area contributed by atoms with E-state index >= 15 is 0 Å². The van der Waals surface area contributed by atoms with Crippen LogP contribution in [0, 0.1) is 0 Å². The summed E-state index contributed by atoms with van der Waals surface area (Å²) in [6.45, 7) is 0.312. The molecule has 29 heavy (non-hydrogen) atoms. The fourth-order valence-electron chi connectivity index (χ4n) is 3.47. The van der Waals surface area contributed by atoms with Crippen LogP contribution in [0.5, 0.6) is 11.5 Å². The molecule has 0 aliphatic rings. The number of nitrogens with zero attached hydrogens (tertiary/aromatic N) is 3. The SMILES string of the molecule is COc1cccc(CN(C=O)c2c(-c3ccccc3)nc3ccccn23)c1OC. The van der Waals surface area contributed by atoms with Crippen LogP contribution in [0.25, 0.3) is 16.9 Å². The number of hydrogen-bond donors (Lipinski definition) is 0. The van der Waals surface area contributed by atoms with Crippen LogP contribution in [0.4, 0.5) is 5.82 Å². The molecule has 0 spiro atoms. The molecule has 0 saturated heterocycles. The minimum Gasteiger partial charge on any atom is -0.493 e. The van der Waals surface area contributed by atoms with Gasteiger partial charge in [-0.3, -0.25) is 14.1 Å². The number of benzene rings is 2. The molecule has 0 saturated carbocycles. The van der Waals surface area contributed by atoms with Crippen LogP contribution in [0.3, 0.4) is 0 Å². The Morgan fingerprint density at radius 2 is 1.76 bits per heavy atom. The predicted octanol–water partition coefficient (Wildman–Crippen LogP) is 4.18. The fourth-order valence-corrected chi connectivity index (χ4v) is 3.47. The van der Waals surface area contributed by atoms with Gasteiger partial charge in [0.2, 0.25) is 6.41 Å². The fraction of sp³-hybridized carbons (Fsp3) is 0.130. The van der Waals surface area contributed by atoms with Gasteiger partial charge in [0.05, 0.1) is 20.8 Å². The second kappa shape index (κ2) is 8.06. The van der Waals surface area contributed by atoms with E-state index in [2.05, 4.69) is 0 Å². The Kier molecular flexibility index (Phi) is 5.16. The van der Waals surface area contributed by atoms with E-state index in [4.69, 9.17) is 14.5 Å². The lowest BCUT2D eigenvalue weighted by molar-refractivity contribution is -0.107. The Balaban J connectivity index is 1.86. The number of rotatable bonds is 7. The molecular formula is C23H21N3O3. The quantitative estimate of drug-likeness (QED) is 0.447. The maximum Gasteiger partial charge on any atom is 0.215 e. The lowest BCUT2D eigenvalue weighted by atomic mass is 10.1. The van der Waals surface area contributed by atoms with Gasteiger partial charge in [-0.25, -0.2) is 4.98 Å². The molecule has 2 aromatic carbocycles. The molecule has 2 aromatic heterocycles. The number of pyridine rings is 1. The zero-order valence-corrected chi connectivity index (χ0v) is 16.3. The van der Waals surface area contributed by atoms with Gasteiger partial charge in [0, 0.05) is 17.3 Å². The smallest absolute Gasteiger partial charge is 0.215 e. The summed E-state index contributed by atoms with van der Waals surface area (Å²) in [6, 6.07) is 21.2. The summed E-state index contributed by atoms with van der Waals surface area (Å²) < 4.78 is 12.9. The number of anilines is 1. The largest absolute Gasteiger partial charge is 0.493 e. The van der Waals surface area contributed by atoms with E-state index in [9.17, 15) is 4.79 Å². The number of ether oxygens (including phenoxy) is 2. The van der Waals surface area contributed by atoms with Crippen molar-refractivity contribution in [1.29, 1.82) is 0 Å². The molecule has 0 N–H and O–H groups in total. The van der Waals surface area contributed by atoms with Crippen molar-refractivity contribution in [3.8, 4) is 22.8 Å². The number of amides is 1. The van der Waals surface area contributed by atoms with Gasteiger partial charge in [-0.2, -0.15) is 0 Å². The van der Waals surface area contributed by atoms with Crippen LogP contribution in [0.2, 0.25) is 0 Å². The van der Waals surface area contributed by atoms with E-state index in [0.717, 1.165) is 28.9 Å². The molecular weight excluding hydrogens is 366 g/mol. The molecule has 6 heteroatoms. The highest BCUT2D eigenvalue weighted by atomic mass is 16.5. The van der Waals surface area contributed by atoms with Crippen molar-refractivity contribution < 1.29 is 14.3 Å². The van der Waals surface area contributed by atoms with E-state index < -0.39 is 0 Å². The molecule has 2 heterocycles. The van der Waals surface area contributed by atoms with Gasteiger partial charge >= 0.3 is 0 Å². The van der Waals surface area contributed by atoms with Gasteiger partial charge in [-0.15, -0.1) is 0 Å². The molecule has 0 atom stereocenters. The monoisotopic (exact) mass is 387 g/mol. The Morgan fingerprint density at radius 3 is 2.48 bits per heavy atom. The minimum atomic E-state index is 0.312. The van der Waals surface area contributed by atoms with Gasteiger partial charge in [-0.05, 0) is 18.2 Å². The van der Waals surface area contributed by atoms with Crippen LogP contribution < -0.4 is 14.4 Å². The van der Waals surface area contributed by atoms with Crippen LogP contribution in [-0.2, 0) is 11.3 Å². The van der Waals surface area contributed by atoms with Crippen molar-refractivity contribution in [2.75, 3.05) is 19.1 Å². The predicted molar refractivity (Wildman–Crippen MR) is 112 cm³/mol. The number of aromatic nitrogens is 2. The van der Waals surface area contributed by atoms with Gasteiger partial charge in [0.15, 0.2) is 11.5 Å². The third kappa shape index (κ3) is 3.40. The molecule has 4 rings (SSSR count). The van der Waals surface area contributed by atoms with E-state index in [0.29, 0.717) is 23.9 Å². The zero-order chi connectivity index (χ0) is 20.2. The summed E-state index contributed by atoms with van der Waals surface area (Å²) >= 11 is 0. The third-order valence-electron chi connectivity index (χ3n) is 4.78. The molecule has 1 amide bonds. The Bertz CT molecular complexity index is 1140. The first-order chi connectivity index (χ1) is 14.3. The number of carbonyl (C=O) groups is 1. The summed E-state index contributed by atoms with van der Waals surface area (Å²) in [5, 5.41) is 0. The van der Waals surface area contributed by atoms with Crippen molar-refractivity contribution in [3.63, 3.8) is 0 Å². The first-order valence-electron chi connectivity index (χ1n) is 9.21. The number of imidazole rings is 1. The summed E-state index contributed by atoms with van der Waals surface area (Å²) in [6.07, 6.45) is 2.73. The summed E-state index contributed by atoms with van der Waals surface area (Å²) in [7, 11) is 3.19. The molecule has 0 fully saturated rings. The van der Waals surface area contributed by atoms with Gasteiger partial charge < -0.3 is 9.47 Å². The van der Waals surface area contributed by atoms with Crippen molar-refractivity contribution in [1.82, 2.24) is 9.38 Å². The van der Waals surface area contributed by atoms with E-state index in [1.807, 2.05) is 77.3 Å². The van der Waals surface area contributed by atoms with Gasteiger partial charge in [-0.1, -0.05) is 48.5 Å². The first-order valence-corrected chi connectivity index (χ1v) is 9.21. The standard InChI is InChI=1S/C23H21N3O3/c1-28-19-12-8-11-18(22(19)29-2)15-25(16-27)23-21(17-9-4-3-5-10-17)24-20-13-6-7-14-26(20)23/h3-14,16H,15H2,1-2H3. The molecule has 4 aromatic rings. The number of fused-ring (bicyclic) bond motifs is 1. The normalized spacial score (nSPS) is 10.7. The highest BCUT2D eigenvalue weighted by Crippen LogP contribution is 2.35. The minimum absolute atomic E-state index is 0.312. The number of carbonyl (C=O) groups excluding carboxylic acids is 1. The molecule has 0 radical (unpaired) electrons. The molecule has 146 valence electrons. The highest BCUT2D eigenvalue weighted by molar-refractivity contribution is 5.86. The molecule has 6 nitrogen and oxygen atoms in total. The van der Waals surface area contributed by atoms with E-state index in [1.54, 1.807) is 19.1 Å². The Morgan fingerprint density at radius 1 is 0.966 bits per heavy atom. The molecule has 0 aliphatic heterocycles. The highest BCUT2D eigenvalue weighted by Gasteiger charge is 2.21. The Hall–Kier alpha value is -3.80. The van der Waals surface area contributed by atoms with E-state index in [-0.39, 0.29) is 0 Å². The molecule has 0 unspecified atom stereocenters. The summed E-state index contributed by atoms with van der Waals surface area (Å²) in [5.41, 5.74) is 3.29. The topological polar surface area (TPSA) is 56.1 Å². The summed E-state index contributed by atoms with van der Waals surface area (Å²) in [5.74, 6) is 1.93. The maximum absolute atomic E-state index is 12.2. The van der Waals surface area contributed by atoms with Crippen molar-refractivity contribution in [3.05, 3.63) is 78.5 Å². The lowest BCUT2D eigenvalue weighted by Crippen LogP contribution is -2.23. The molecule has 0 bridgehead atoms.